The molecule has 1 aromatic heterocycles. The Bertz CT molecular complexity index is 482. The van der Waals surface area contributed by atoms with Crippen LogP contribution in [0.5, 0.6) is 0 Å². The van der Waals surface area contributed by atoms with Gasteiger partial charge in [0.05, 0.1) is 5.69 Å². The Hall–Kier alpha value is -1.36. The molecule has 92 valence electrons. The molecule has 0 bridgehead atoms. The molecule has 5 nitrogen and oxygen atoms in total. The van der Waals surface area contributed by atoms with E-state index in [1.807, 2.05) is 0 Å². The Labute approximate surface area is 100 Å². The van der Waals surface area contributed by atoms with Gasteiger partial charge >= 0.3 is 0 Å². The molecule has 2 aliphatic rings. The molecule has 1 saturated heterocycles. The molecule has 1 fully saturated rings. The van der Waals surface area contributed by atoms with E-state index < -0.39 is 0 Å². The first-order valence-corrected chi connectivity index (χ1v) is 6.36. The average Bonchev–Trinajstić information content (AvgIpc) is 2.77. The molecule has 3 rings (SSSR count). The highest BCUT2D eigenvalue weighted by Gasteiger charge is 2.22. The van der Waals surface area contributed by atoms with Gasteiger partial charge in [-0.2, -0.15) is 0 Å². The molecule has 5 heteroatoms. The van der Waals surface area contributed by atoms with E-state index in [9.17, 15) is 4.79 Å². The minimum atomic E-state index is 0.0432. The summed E-state index contributed by atoms with van der Waals surface area (Å²) >= 11 is 0. The van der Waals surface area contributed by atoms with E-state index in [1.165, 1.54) is 0 Å². The van der Waals surface area contributed by atoms with E-state index in [4.69, 9.17) is 5.73 Å². The van der Waals surface area contributed by atoms with Crippen molar-refractivity contribution in [1.29, 1.82) is 0 Å². The summed E-state index contributed by atoms with van der Waals surface area (Å²) in [5.74, 6) is 0.714. The van der Waals surface area contributed by atoms with Crippen molar-refractivity contribution in [2.24, 2.45) is 5.73 Å². The fourth-order valence-corrected chi connectivity index (χ4v) is 2.78. The molecule has 0 amide bonds. The molecule has 1 unspecified atom stereocenters. The maximum absolute atomic E-state index is 11.9. The number of rotatable bonds is 1. The minimum Gasteiger partial charge on any atom is -0.341 e. The fraction of sp³-hybridized carbons (Fsp3) is 0.667. The van der Waals surface area contributed by atoms with Crippen molar-refractivity contribution in [2.75, 3.05) is 18.0 Å². The van der Waals surface area contributed by atoms with Crippen LogP contribution in [0.15, 0.2) is 4.79 Å². The normalized spacial score (nSPS) is 23.8. The van der Waals surface area contributed by atoms with Crippen LogP contribution in [-0.2, 0) is 12.8 Å². The minimum absolute atomic E-state index is 0.0432. The fourth-order valence-electron chi connectivity index (χ4n) is 2.78. The Balaban J connectivity index is 1.93. The SMILES string of the molecule is NC1CCCN(c2nc3c(c(=O)[nH]2)CCC3)C1. The van der Waals surface area contributed by atoms with Crippen LogP contribution in [0.3, 0.4) is 0 Å². The number of hydrogen-bond donors (Lipinski definition) is 2. The number of aryl methyl sites for hydroxylation is 1. The molecular weight excluding hydrogens is 216 g/mol. The number of aromatic nitrogens is 2. The molecule has 17 heavy (non-hydrogen) atoms. The van der Waals surface area contributed by atoms with Crippen LogP contribution in [-0.4, -0.2) is 29.1 Å². The predicted octanol–water partition coefficient (Wildman–Crippen LogP) is 0.186. The number of nitrogens with zero attached hydrogens (tertiary/aromatic N) is 2. The van der Waals surface area contributed by atoms with E-state index in [0.717, 1.165) is 56.5 Å². The van der Waals surface area contributed by atoms with Crippen molar-refractivity contribution in [3.05, 3.63) is 21.6 Å². The van der Waals surface area contributed by atoms with Gasteiger partial charge in [-0.15, -0.1) is 0 Å². The zero-order chi connectivity index (χ0) is 11.8. The molecule has 2 heterocycles. The molecule has 0 saturated carbocycles. The number of nitrogens with one attached hydrogen (secondary N) is 1. The number of nitrogens with two attached hydrogens (primary N) is 1. The monoisotopic (exact) mass is 234 g/mol. The number of anilines is 1. The summed E-state index contributed by atoms with van der Waals surface area (Å²) in [5.41, 5.74) is 7.87. The summed E-state index contributed by atoms with van der Waals surface area (Å²) in [6.45, 7) is 1.73. The molecule has 0 radical (unpaired) electrons. The van der Waals surface area contributed by atoms with Gasteiger partial charge in [0, 0.05) is 24.7 Å². The summed E-state index contributed by atoms with van der Waals surface area (Å²) in [7, 11) is 0. The van der Waals surface area contributed by atoms with Gasteiger partial charge in [-0.05, 0) is 32.1 Å². The second kappa shape index (κ2) is 4.14. The van der Waals surface area contributed by atoms with Crippen molar-refractivity contribution < 1.29 is 0 Å². The molecule has 3 N–H and O–H groups in total. The molecule has 1 aromatic rings. The van der Waals surface area contributed by atoms with Gasteiger partial charge in [0.15, 0.2) is 0 Å². The quantitative estimate of drug-likeness (QED) is 0.727. The van der Waals surface area contributed by atoms with Crippen molar-refractivity contribution in [2.45, 2.75) is 38.1 Å². The standard InChI is InChI=1S/C12H18N4O/c13-8-3-2-6-16(7-8)12-14-10-5-1-4-9(10)11(17)15-12/h8H,1-7,13H2,(H,14,15,17). The van der Waals surface area contributed by atoms with Crippen LogP contribution >= 0.6 is 0 Å². The Kier molecular flexibility index (Phi) is 2.63. The highest BCUT2D eigenvalue weighted by atomic mass is 16.1. The lowest BCUT2D eigenvalue weighted by molar-refractivity contribution is 0.499. The van der Waals surface area contributed by atoms with E-state index >= 15 is 0 Å². The van der Waals surface area contributed by atoms with E-state index in [1.54, 1.807) is 0 Å². The number of fused-ring (bicyclic) bond motifs is 1. The van der Waals surface area contributed by atoms with Crippen LogP contribution in [0.4, 0.5) is 5.95 Å². The van der Waals surface area contributed by atoms with E-state index in [0.29, 0.717) is 5.95 Å². The number of hydrogen-bond acceptors (Lipinski definition) is 4. The van der Waals surface area contributed by atoms with Gasteiger partial charge in [-0.1, -0.05) is 0 Å². The number of piperidine rings is 1. The van der Waals surface area contributed by atoms with E-state index in [-0.39, 0.29) is 11.6 Å². The summed E-state index contributed by atoms with van der Waals surface area (Å²) in [4.78, 5) is 21.5. The van der Waals surface area contributed by atoms with Crippen molar-refractivity contribution in [1.82, 2.24) is 9.97 Å². The zero-order valence-electron chi connectivity index (χ0n) is 9.91. The highest BCUT2D eigenvalue weighted by Crippen LogP contribution is 2.20. The maximum atomic E-state index is 11.9. The third-order valence-electron chi connectivity index (χ3n) is 3.69. The lowest BCUT2D eigenvalue weighted by Crippen LogP contribution is -2.44. The van der Waals surface area contributed by atoms with Gasteiger partial charge in [-0.3, -0.25) is 9.78 Å². The first-order valence-electron chi connectivity index (χ1n) is 6.36. The van der Waals surface area contributed by atoms with Crippen LogP contribution in [0.2, 0.25) is 0 Å². The first-order chi connectivity index (χ1) is 8.24. The van der Waals surface area contributed by atoms with Crippen molar-refractivity contribution in [3.63, 3.8) is 0 Å². The van der Waals surface area contributed by atoms with Crippen LogP contribution < -0.4 is 16.2 Å². The molecular formula is C12H18N4O. The lowest BCUT2D eigenvalue weighted by Gasteiger charge is -2.31. The van der Waals surface area contributed by atoms with E-state index in [2.05, 4.69) is 14.9 Å². The summed E-state index contributed by atoms with van der Waals surface area (Å²) in [6.07, 6.45) is 4.99. The average molecular weight is 234 g/mol. The Morgan fingerprint density at radius 2 is 2.24 bits per heavy atom. The summed E-state index contributed by atoms with van der Waals surface area (Å²) in [6, 6.07) is 0.197. The first kappa shape index (κ1) is 10.8. The van der Waals surface area contributed by atoms with Crippen LogP contribution in [0, 0.1) is 0 Å². The maximum Gasteiger partial charge on any atom is 0.255 e. The van der Waals surface area contributed by atoms with Crippen LogP contribution in [0.25, 0.3) is 0 Å². The van der Waals surface area contributed by atoms with Gasteiger partial charge in [-0.25, -0.2) is 4.98 Å². The largest absolute Gasteiger partial charge is 0.341 e. The molecule has 1 atom stereocenters. The van der Waals surface area contributed by atoms with Gasteiger partial charge in [0.25, 0.3) is 5.56 Å². The highest BCUT2D eigenvalue weighted by molar-refractivity contribution is 5.35. The van der Waals surface area contributed by atoms with Gasteiger partial charge < -0.3 is 10.6 Å². The number of aromatic amines is 1. The van der Waals surface area contributed by atoms with Gasteiger partial charge in [0.1, 0.15) is 0 Å². The molecule has 0 spiro atoms. The zero-order valence-corrected chi connectivity index (χ0v) is 9.91. The Morgan fingerprint density at radius 1 is 1.35 bits per heavy atom. The number of H-pyrrole nitrogens is 1. The summed E-state index contributed by atoms with van der Waals surface area (Å²) in [5, 5.41) is 0. The van der Waals surface area contributed by atoms with Crippen molar-refractivity contribution in [3.8, 4) is 0 Å². The molecule has 0 aromatic carbocycles. The molecule has 1 aliphatic heterocycles. The topological polar surface area (TPSA) is 75.0 Å². The third kappa shape index (κ3) is 1.95. The van der Waals surface area contributed by atoms with Crippen molar-refractivity contribution >= 4 is 5.95 Å². The molecule has 1 aliphatic carbocycles. The Morgan fingerprint density at radius 3 is 3.06 bits per heavy atom. The predicted molar refractivity (Wildman–Crippen MR) is 66.3 cm³/mol. The second-order valence-corrected chi connectivity index (χ2v) is 5.02. The second-order valence-electron chi connectivity index (χ2n) is 5.02. The lowest BCUT2D eigenvalue weighted by atomic mass is 10.1. The van der Waals surface area contributed by atoms with Crippen LogP contribution in [0.1, 0.15) is 30.5 Å². The smallest absolute Gasteiger partial charge is 0.255 e. The summed E-state index contributed by atoms with van der Waals surface area (Å²) < 4.78 is 0. The van der Waals surface area contributed by atoms with Gasteiger partial charge in [0.2, 0.25) is 5.95 Å². The third-order valence-corrected chi connectivity index (χ3v) is 3.69.